The molecule has 10 heteroatoms. The maximum absolute atomic E-state index is 12.5. The Morgan fingerprint density at radius 2 is 1.93 bits per heavy atom. The van der Waals surface area contributed by atoms with Crippen molar-refractivity contribution in [3.05, 3.63) is 26.6 Å². The van der Waals surface area contributed by atoms with Gasteiger partial charge in [-0.05, 0) is 39.2 Å². The average Bonchev–Trinajstić information content (AvgIpc) is 3.22. The van der Waals surface area contributed by atoms with Gasteiger partial charge in [0.1, 0.15) is 15.5 Å². The van der Waals surface area contributed by atoms with E-state index in [1.165, 1.54) is 6.92 Å². The van der Waals surface area contributed by atoms with Crippen molar-refractivity contribution in [2.45, 2.75) is 58.6 Å². The van der Waals surface area contributed by atoms with Gasteiger partial charge >= 0.3 is 12.0 Å². The number of hydrogen-bond acceptors (Lipinski definition) is 7. The Morgan fingerprint density at radius 3 is 2.61 bits per heavy atom. The van der Waals surface area contributed by atoms with Crippen molar-refractivity contribution >= 4 is 39.5 Å². The number of aromatic amines is 1. The maximum atomic E-state index is 12.5. The van der Waals surface area contributed by atoms with Crippen LogP contribution in [0.15, 0.2) is 4.79 Å². The molecule has 3 N–H and O–H groups in total. The third kappa shape index (κ3) is 4.22. The van der Waals surface area contributed by atoms with Gasteiger partial charge in [0.15, 0.2) is 6.10 Å². The molecule has 0 aliphatic heterocycles. The number of carbonyl (C=O) groups excluding carboxylic acids is 3. The van der Waals surface area contributed by atoms with Crippen LogP contribution in [0.3, 0.4) is 0 Å². The first-order chi connectivity index (χ1) is 13.3. The number of amides is 3. The first-order valence-corrected chi connectivity index (χ1v) is 9.90. The fourth-order valence-electron chi connectivity index (χ4n) is 3.22. The van der Waals surface area contributed by atoms with Crippen LogP contribution in [0.4, 0.5) is 4.79 Å². The predicted molar refractivity (Wildman–Crippen MR) is 104 cm³/mol. The lowest BCUT2D eigenvalue weighted by atomic mass is 10.2. The molecule has 2 heterocycles. The van der Waals surface area contributed by atoms with Gasteiger partial charge in [0.05, 0.1) is 5.39 Å². The van der Waals surface area contributed by atoms with Gasteiger partial charge < -0.3 is 15.0 Å². The van der Waals surface area contributed by atoms with Crippen LogP contribution in [0, 0.1) is 13.8 Å². The van der Waals surface area contributed by atoms with Crippen LogP contribution in [-0.2, 0) is 9.53 Å². The normalized spacial score (nSPS) is 15.4. The SMILES string of the molecule is Cc1nc2sc(C(=O)OC(C)C(=O)NC(=O)NC3CCCC3)c(C)c2c(=O)[nH]1. The van der Waals surface area contributed by atoms with Crippen LogP contribution in [0.25, 0.3) is 10.2 Å². The van der Waals surface area contributed by atoms with Gasteiger partial charge in [-0.25, -0.2) is 14.6 Å². The smallest absolute Gasteiger partial charge is 0.349 e. The number of aromatic nitrogens is 2. The molecular formula is C18H22N4O5S. The highest BCUT2D eigenvalue weighted by Crippen LogP contribution is 2.27. The maximum Gasteiger partial charge on any atom is 0.349 e. The third-order valence-corrected chi connectivity index (χ3v) is 5.85. The lowest BCUT2D eigenvalue weighted by Crippen LogP contribution is -2.47. The number of nitrogens with one attached hydrogen (secondary N) is 3. The number of ether oxygens (including phenoxy) is 1. The molecule has 0 bridgehead atoms. The third-order valence-electron chi connectivity index (χ3n) is 4.68. The summed E-state index contributed by atoms with van der Waals surface area (Å²) in [6.45, 7) is 4.66. The zero-order valence-corrected chi connectivity index (χ0v) is 16.7. The quantitative estimate of drug-likeness (QED) is 0.665. The summed E-state index contributed by atoms with van der Waals surface area (Å²) in [7, 11) is 0. The Labute approximate surface area is 164 Å². The number of hydrogen-bond donors (Lipinski definition) is 3. The Hall–Kier alpha value is -2.75. The molecule has 9 nitrogen and oxygen atoms in total. The molecule has 0 spiro atoms. The lowest BCUT2D eigenvalue weighted by Gasteiger charge is -2.15. The molecule has 3 rings (SSSR count). The molecule has 3 amide bonds. The Morgan fingerprint density at radius 1 is 1.25 bits per heavy atom. The summed E-state index contributed by atoms with van der Waals surface area (Å²) in [4.78, 5) is 56.1. The van der Waals surface area contributed by atoms with Gasteiger partial charge in [0.2, 0.25) is 0 Å². The van der Waals surface area contributed by atoms with E-state index in [0.29, 0.717) is 21.6 Å². The highest BCUT2D eigenvalue weighted by Gasteiger charge is 2.26. The minimum absolute atomic E-state index is 0.0703. The summed E-state index contributed by atoms with van der Waals surface area (Å²) >= 11 is 1.03. The van der Waals surface area contributed by atoms with Gasteiger partial charge in [0, 0.05) is 6.04 Å². The molecule has 2 aromatic rings. The van der Waals surface area contributed by atoms with Crippen molar-refractivity contribution in [1.82, 2.24) is 20.6 Å². The summed E-state index contributed by atoms with van der Waals surface area (Å²) < 4.78 is 5.19. The van der Waals surface area contributed by atoms with Crippen molar-refractivity contribution in [3.8, 4) is 0 Å². The van der Waals surface area contributed by atoms with Gasteiger partial charge in [-0.2, -0.15) is 0 Å². The average molecular weight is 406 g/mol. The fourth-order valence-corrected chi connectivity index (χ4v) is 4.33. The van der Waals surface area contributed by atoms with Crippen molar-refractivity contribution in [2.75, 3.05) is 0 Å². The van der Waals surface area contributed by atoms with E-state index in [2.05, 4.69) is 20.6 Å². The molecule has 1 aliphatic carbocycles. The van der Waals surface area contributed by atoms with E-state index < -0.39 is 24.0 Å². The topological polar surface area (TPSA) is 130 Å². The summed E-state index contributed by atoms with van der Waals surface area (Å²) in [5.74, 6) is -1.01. The molecule has 150 valence electrons. The van der Waals surface area contributed by atoms with Gasteiger partial charge in [-0.3, -0.25) is 14.9 Å². The van der Waals surface area contributed by atoms with Gasteiger partial charge in [-0.1, -0.05) is 12.8 Å². The number of esters is 1. The predicted octanol–water partition coefficient (Wildman–Crippen LogP) is 1.92. The molecular weight excluding hydrogens is 384 g/mol. The Bertz CT molecular complexity index is 990. The number of fused-ring (bicyclic) bond motifs is 1. The summed E-state index contributed by atoms with van der Waals surface area (Å²) in [5, 5.41) is 5.25. The van der Waals surface area contributed by atoms with Crippen LogP contribution >= 0.6 is 11.3 Å². The van der Waals surface area contributed by atoms with Gasteiger partial charge in [-0.15, -0.1) is 11.3 Å². The lowest BCUT2D eigenvalue weighted by molar-refractivity contribution is -0.127. The van der Waals surface area contributed by atoms with Crippen molar-refractivity contribution in [2.24, 2.45) is 0 Å². The van der Waals surface area contributed by atoms with E-state index in [9.17, 15) is 19.2 Å². The molecule has 2 aromatic heterocycles. The van der Waals surface area contributed by atoms with Crippen LogP contribution in [0.2, 0.25) is 0 Å². The Kier molecular flexibility index (Phi) is 5.78. The van der Waals surface area contributed by atoms with E-state index >= 15 is 0 Å². The minimum Gasteiger partial charge on any atom is -0.448 e. The number of nitrogens with zero attached hydrogens (tertiary/aromatic N) is 1. The summed E-state index contributed by atoms with van der Waals surface area (Å²) in [6.07, 6.45) is 2.73. The monoisotopic (exact) mass is 406 g/mol. The van der Waals surface area contributed by atoms with E-state index in [1.54, 1.807) is 13.8 Å². The van der Waals surface area contributed by atoms with Crippen molar-refractivity contribution in [1.29, 1.82) is 0 Å². The van der Waals surface area contributed by atoms with Gasteiger partial charge in [0.25, 0.3) is 11.5 Å². The highest BCUT2D eigenvalue weighted by atomic mass is 32.1. The van der Waals surface area contributed by atoms with Crippen LogP contribution in [-0.4, -0.2) is 40.0 Å². The summed E-state index contributed by atoms with van der Waals surface area (Å²) in [5.41, 5.74) is 0.120. The Balaban J connectivity index is 1.65. The first kappa shape index (κ1) is 20.0. The molecule has 1 saturated carbocycles. The number of rotatable bonds is 4. The van der Waals surface area contributed by atoms with Crippen LogP contribution in [0.1, 0.15) is 53.7 Å². The molecule has 28 heavy (non-hydrogen) atoms. The molecule has 0 aromatic carbocycles. The first-order valence-electron chi connectivity index (χ1n) is 9.08. The molecule has 1 unspecified atom stereocenters. The summed E-state index contributed by atoms with van der Waals surface area (Å²) in [6, 6.07) is -0.523. The van der Waals surface area contributed by atoms with E-state index in [-0.39, 0.29) is 16.5 Å². The number of aryl methyl sites for hydroxylation is 2. The fraction of sp³-hybridized carbons (Fsp3) is 0.500. The number of H-pyrrole nitrogens is 1. The molecule has 0 radical (unpaired) electrons. The van der Waals surface area contributed by atoms with Crippen LogP contribution < -0.4 is 16.2 Å². The number of carbonyl (C=O) groups is 3. The number of urea groups is 1. The van der Waals surface area contributed by atoms with Crippen LogP contribution in [0.5, 0.6) is 0 Å². The standard InChI is InChI=1S/C18H22N4O5S/c1-8-12-15(24)19-10(3)20-16(12)28-13(8)17(25)27-9(2)14(23)22-18(26)21-11-6-4-5-7-11/h9,11H,4-7H2,1-3H3,(H,19,20,24)(H2,21,22,23,26). The van der Waals surface area contributed by atoms with E-state index in [0.717, 1.165) is 37.0 Å². The highest BCUT2D eigenvalue weighted by molar-refractivity contribution is 7.20. The number of imide groups is 1. The zero-order valence-electron chi connectivity index (χ0n) is 15.9. The molecule has 1 aliphatic rings. The second kappa shape index (κ2) is 8.09. The minimum atomic E-state index is -1.17. The van der Waals surface area contributed by atoms with E-state index in [1.807, 2.05) is 0 Å². The van der Waals surface area contributed by atoms with Crippen molar-refractivity contribution < 1.29 is 19.1 Å². The zero-order chi connectivity index (χ0) is 20.4. The second-order valence-corrected chi connectivity index (χ2v) is 7.88. The molecule has 1 fully saturated rings. The largest absolute Gasteiger partial charge is 0.448 e. The number of thiophene rings is 1. The second-order valence-electron chi connectivity index (χ2n) is 6.88. The van der Waals surface area contributed by atoms with E-state index in [4.69, 9.17) is 4.74 Å². The molecule has 1 atom stereocenters. The van der Waals surface area contributed by atoms with Crippen molar-refractivity contribution in [3.63, 3.8) is 0 Å². The molecule has 0 saturated heterocycles.